The molecule has 0 bridgehead atoms. The predicted molar refractivity (Wildman–Crippen MR) is 104 cm³/mol. The van der Waals surface area contributed by atoms with Crippen LogP contribution in [0.15, 0.2) is 34.2 Å². The summed E-state index contributed by atoms with van der Waals surface area (Å²) in [5.74, 6) is -0.100. The van der Waals surface area contributed by atoms with E-state index in [2.05, 4.69) is 20.4 Å². The van der Waals surface area contributed by atoms with E-state index in [9.17, 15) is 14.0 Å². The largest absolute Gasteiger partial charge is 0.466 e. The molecular formula is C19H19FN4O4S. The highest BCUT2D eigenvalue weighted by atomic mass is 32.1. The van der Waals surface area contributed by atoms with Crippen molar-refractivity contribution < 1.29 is 23.2 Å². The summed E-state index contributed by atoms with van der Waals surface area (Å²) in [5, 5.41) is 8.72. The van der Waals surface area contributed by atoms with Crippen LogP contribution >= 0.6 is 11.3 Å². The maximum absolute atomic E-state index is 13.0. The van der Waals surface area contributed by atoms with E-state index in [0.717, 1.165) is 0 Å². The van der Waals surface area contributed by atoms with E-state index in [-0.39, 0.29) is 30.5 Å². The third-order valence-corrected chi connectivity index (χ3v) is 4.60. The van der Waals surface area contributed by atoms with Gasteiger partial charge in [0.2, 0.25) is 17.6 Å². The number of halogens is 1. The number of hydrogen-bond acceptors (Lipinski definition) is 8. The zero-order valence-electron chi connectivity index (χ0n) is 15.7. The number of aryl methyl sites for hydroxylation is 1. The molecule has 10 heteroatoms. The van der Waals surface area contributed by atoms with E-state index in [4.69, 9.17) is 9.26 Å². The van der Waals surface area contributed by atoms with Gasteiger partial charge in [-0.2, -0.15) is 4.98 Å². The second-order valence-corrected chi connectivity index (χ2v) is 6.90. The topological polar surface area (TPSA) is 107 Å². The Morgan fingerprint density at radius 2 is 2.03 bits per heavy atom. The molecule has 0 radical (unpaired) electrons. The molecule has 1 amide bonds. The average molecular weight is 418 g/mol. The maximum atomic E-state index is 13.0. The van der Waals surface area contributed by atoms with E-state index in [1.54, 1.807) is 24.4 Å². The third kappa shape index (κ3) is 6.18. The molecule has 152 valence electrons. The minimum absolute atomic E-state index is 0.0771. The average Bonchev–Trinajstić information content (AvgIpc) is 3.32. The molecule has 0 atom stereocenters. The first-order chi connectivity index (χ1) is 14.0. The summed E-state index contributed by atoms with van der Waals surface area (Å²) >= 11 is 1.25. The second kappa shape index (κ2) is 9.87. The first kappa shape index (κ1) is 20.6. The molecule has 2 heterocycles. The van der Waals surface area contributed by atoms with Crippen LogP contribution in [0, 0.1) is 5.82 Å². The van der Waals surface area contributed by atoms with E-state index < -0.39 is 0 Å². The molecule has 3 rings (SSSR count). The number of nitrogens with zero attached hydrogens (tertiary/aromatic N) is 3. The third-order valence-electron chi connectivity index (χ3n) is 3.79. The van der Waals surface area contributed by atoms with Gasteiger partial charge in [-0.3, -0.25) is 9.59 Å². The molecule has 0 aliphatic heterocycles. The highest BCUT2D eigenvalue weighted by molar-refractivity contribution is 7.13. The Kier molecular flexibility index (Phi) is 7.01. The van der Waals surface area contributed by atoms with Gasteiger partial charge in [0.15, 0.2) is 5.13 Å². The van der Waals surface area contributed by atoms with Gasteiger partial charge in [0.25, 0.3) is 0 Å². The SMILES string of the molecule is CCOC(=O)Cc1csc(NC(=O)CCCc2nc(-c3ccc(F)cc3)no2)n1. The first-order valence-corrected chi connectivity index (χ1v) is 9.90. The van der Waals surface area contributed by atoms with Crippen LogP contribution in [0.2, 0.25) is 0 Å². The minimum Gasteiger partial charge on any atom is -0.466 e. The number of esters is 1. The zero-order chi connectivity index (χ0) is 20.6. The molecule has 0 spiro atoms. The number of carbonyl (C=O) groups is 2. The van der Waals surface area contributed by atoms with Crippen molar-refractivity contribution >= 4 is 28.3 Å². The van der Waals surface area contributed by atoms with Crippen molar-refractivity contribution in [2.75, 3.05) is 11.9 Å². The van der Waals surface area contributed by atoms with Crippen LogP contribution in [-0.2, 0) is 27.2 Å². The monoisotopic (exact) mass is 418 g/mol. The lowest BCUT2D eigenvalue weighted by Crippen LogP contribution is -2.12. The van der Waals surface area contributed by atoms with Crippen LogP contribution in [0.1, 0.15) is 31.4 Å². The van der Waals surface area contributed by atoms with Gasteiger partial charge in [-0.15, -0.1) is 11.3 Å². The van der Waals surface area contributed by atoms with Crippen molar-refractivity contribution in [3.63, 3.8) is 0 Å². The smallest absolute Gasteiger partial charge is 0.311 e. The Morgan fingerprint density at radius 3 is 2.79 bits per heavy atom. The molecule has 1 N–H and O–H groups in total. The molecule has 0 saturated heterocycles. The van der Waals surface area contributed by atoms with E-state index in [1.165, 1.54) is 23.5 Å². The van der Waals surface area contributed by atoms with Crippen LogP contribution in [-0.4, -0.2) is 33.6 Å². The summed E-state index contributed by atoms with van der Waals surface area (Å²) in [6, 6.07) is 5.79. The number of nitrogens with one attached hydrogen (secondary N) is 1. The number of aromatic nitrogens is 3. The summed E-state index contributed by atoms with van der Waals surface area (Å²) in [7, 11) is 0. The number of rotatable bonds is 9. The lowest BCUT2D eigenvalue weighted by Gasteiger charge is -2.00. The lowest BCUT2D eigenvalue weighted by atomic mass is 10.2. The van der Waals surface area contributed by atoms with Crippen molar-refractivity contribution in [3.05, 3.63) is 47.0 Å². The van der Waals surface area contributed by atoms with Crippen LogP contribution in [0.3, 0.4) is 0 Å². The Labute approximate surface area is 170 Å². The summed E-state index contributed by atoms with van der Waals surface area (Å²) < 4.78 is 23.0. The first-order valence-electron chi connectivity index (χ1n) is 9.02. The molecule has 0 unspecified atom stereocenters. The number of thiazole rings is 1. The zero-order valence-corrected chi connectivity index (χ0v) is 16.5. The molecule has 1 aromatic carbocycles. The van der Waals surface area contributed by atoms with Crippen LogP contribution in [0.5, 0.6) is 0 Å². The van der Waals surface area contributed by atoms with E-state index >= 15 is 0 Å². The molecule has 3 aromatic rings. The molecule has 0 aliphatic carbocycles. The summed E-state index contributed by atoms with van der Waals surface area (Å²) in [6.45, 7) is 2.06. The van der Waals surface area contributed by atoms with Gasteiger partial charge >= 0.3 is 5.97 Å². The van der Waals surface area contributed by atoms with E-state index in [0.29, 0.717) is 47.6 Å². The molecule has 0 fully saturated rings. The normalized spacial score (nSPS) is 10.7. The Bertz CT molecular complexity index is 971. The van der Waals surface area contributed by atoms with Crippen molar-refractivity contribution in [1.82, 2.24) is 15.1 Å². The van der Waals surface area contributed by atoms with Gasteiger partial charge in [-0.1, -0.05) is 5.16 Å². The fourth-order valence-electron chi connectivity index (χ4n) is 2.46. The van der Waals surface area contributed by atoms with Crippen molar-refractivity contribution in [2.24, 2.45) is 0 Å². The van der Waals surface area contributed by atoms with Crippen LogP contribution < -0.4 is 5.32 Å². The fourth-order valence-corrected chi connectivity index (χ4v) is 3.19. The summed E-state index contributed by atoms with van der Waals surface area (Å²) in [5.41, 5.74) is 1.21. The van der Waals surface area contributed by atoms with Crippen LogP contribution in [0.4, 0.5) is 9.52 Å². The quantitative estimate of drug-likeness (QED) is 0.531. The second-order valence-electron chi connectivity index (χ2n) is 6.05. The standard InChI is InChI=1S/C19H19FN4O4S/c1-2-27-17(26)10-14-11-29-19(21-14)22-15(25)4-3-5-16-23-18(24-28-16)12-6-8-13(20)9-7-12/h6-9,11H,2-5,10H2,1H3,(H,21,22,25). The summed E-state index contributed by atoms with van der Waals surface area (Å²) in [4.78, 5) is 32.0. The number of benzene rings is 1. The number of ether oxygens (including phenoxy) is 1. The molecule has 2 aromatic heterocycles. The highest BCUT2D eigenvalue weighted by Crippen LogP contribution is 2.18. The lowest BCUT2D eigenvalue weighted by molar-refractivity contribution is -0.142. The number of amides is 1. The minimum atomic E-state index is -0.352. The Balaban J connectivity index is 1.43. The summed E-state index contributed by atoms with van der Waals surface area (Å²) in [6.07, 6.45) is 1.28. The van der Waals surface area contributed by atoms with Crippen LogP contribution in [0.25, 0.3) is 11.4 Å². The number of hydrogen-bond donors (Lipinski definition) is 1. The molecule has 0 aliphatic rings. The van der Waals surface area contributed by atoms with Gasteiger partial charge in [0.05, 0.1) is 18.7 Å². The molecule has 29 heavy (non-hydrogen) atoms. The molecule has 0 saturated carbocycles. The number of carbonyl (C=O) groups excluding carboxylic acids is 2. The van der Waals surface area contributed by atoms with Gasteiger partial charge in [-0.05, 0) is 37.6 Å². The Morgan fingerprint density at radius 1 is 1.24 bits per heavy atom. The van der Waals surface area contributed by atoms with Gasteiger partial charge < -0.3 is 14.6 Å². The van der Waals surface area contributed by atoms with Crippen molar-refractivity contribution in [3.8, 4) is 11.4 Å². The van der Waals surface area contributed by atoms with Crippen molar-refractivity contribution in [2.45, 2.75) is 32.6 Å². The molecular weight excluding hydrogens is 399 g/mol. The number of anilines is 1. The highest BCUT2D eigenvalue weighted by Gasteiger charge is 2.12. The van der Waals surface area contributed by atoms with Gasteiger partial charge in [0, 0.05) is 23.8 Å². The molecule has 8 nitrogen and oxygen atoms in total. The van der Waals surface area contributed by atoms with E-state index in [1.807, 2.05) is 0 Å². The Hall–Kier alpha value is -3.14. The van der Waals surface area contributed by atoms with Gasteiger partial charge in [-0.25, -0.2) is 9.37 Å². The fraction of sp³-hybridized carbons (Fsp3) is 0.316. The van der Waals surface area contributed by atoms with Gasteiger partial charge in [0.1, 0.15) is 5.82 Å². The van der Waals surface area contributed by atoms with Crippen molar-refractivity contribution in [1.29, 1.82) is 0 Å². The maximum Gasteiger partial charge on any atom is 0.311 e. The predicted octanol–water partition coefficient (Wildman–Crippen LogP) is 3.40.